The minimum atomic E-state index is -1.70. The van der Waals surface area contributed by atoms with Gasteiger partial charge in [-0.2, -0.15) is 0 Å². The van der Waals surface area contributed by atoms with Crippen LogP contribution in [0.15, 0.2) is 0 Å². The molecular weight excluding hydrogens is 669 g/mol. The highest BCUT2D eigenvalue weighted by Gasteiger charge is 2.36. The molecule has 0 radical (unpaired) electrons. The maximum atomic E-state index is 11.9. The fourth-order valence-corrected chi connectivity index (χ4v) is 5.95. The van der Waals surface area contributed by atoms with Crippen LogP contribution >= 0.6 is 0 Å². The van der Waals surface area contributed by atoms with E-state index < -0.39 is 8.32 Å². The molecule has 0 rings (SSSR count). The molecule has 0 atom stereocenters. The van der Waals surface area contributed by atoms with E-state index in [1.807, 2.05) is 0 Å². The minimum Gasteiger partial charge on any atom is -0.463 e. The van der Waals surface area contributed by atoms with Crippen LogP contribution in [0.4, 0.5) is 0 Å². The molecule has 51 heavy (non-hydrogen) atoms. The molecular formula is C40H82O10Si. The van der Waals surface area contributed by atoms with Gasteiger partial charge in [0.15, 0.2) is 8.32 Å². The predicted octanol–water partition coefficient (Wildman–Crippen LogP) is 8.93. The second-order valence-electron chi connectivity index (χ2n) is 14.8. The van der Waals surface area contributed by atoms with Crippen molar-refractivity contribution >= 4 is 14.3 Å². The minimum absolute atomic E-state index is 0.125. The van der Waals surface area contributed by atoms with E-state index in [4.69, 9.17) is 42.3 Å². The van der Waals surface area contributed by atoms with E-state index in [2.05, 4.69) is 40.8 Å². The first-order valence-electron chi connectivity index (χ1n) is 20.5. The average molecular weight is 751 g/mol. The molecule has 0 amide bonds. The molecule has 11 heteroatoms. The molecule has 0 saturated carbocycles. The van der Waals surface area contributed by atoms with Crippen LogP contribution in [0.1, 0.15) is 130 Å². The SMILES string of the molecule is CCCCCCCCCCCCCCCCCC(=O)OCCOCCOCCOCCOCCOCCOCCOCCO[Si](C)(C)C(C)(C)C. The highest BCUT2D eigenvalue weighted by Crippen LogP contribution is 2.36. The van der Waals surface area contributed by atoms with Gasteiger partial charge in [0.05, 0.1) is 99.1 Å². The zero-order valence-corrected chi connectivity index (χ0v) is 35.2. The molecule has 0 aliphatic heterocycles. The highest BCUT2D eigenvalue weighted by molar-refractivity contribution is 6.74. The summed E-state index contributed by atoms with van der Waals surface area (Å²) >= 11 is 0. The number of ether oxygens (including phenoxy) is 8. The second kappa shape index (κ2) is 37.7. The second-order valence-corrected chi connectivity index (χ2v) is 19.6. The van der Waals surface area contributed by atoms with Gasteiger partial charge in [-0.05, 0) is 24.6 Å². The van der Waals surface area contributed by atoms with E-state index in [-0.39, 0.29) is 11.0 Å². The van der Waals surface area contributed by atoms with Crippen molar-refractivity contribution in [2.24, 2.45) is 0 Å². The van der Waals surface area contributed by atoms with Crippen LogP contribution in [0.25, 0.3) is 0 Å². The molecule has 0 heterocycles. The standard InChI is InChI=1S/C40H82O10Si/c1-7-8-9-10-11-12-13-14-15-16-17-18-19-20-21-22-39(41)49-37-35-47-33-31-45-29-27-43-25-23-42-24-26-44-28-30-46-32-34-48-36-38-50-51(5,6)40(2,3)4/h7-38H2,1-6H3. The van der Waals surface area contributed by atoms with Gasteiger partial charge in [0.2, 0.25) is 0 Å². The molecule has 0 N–H and O–H groups in total. The monoisotopic (exact) mass is 751 g/mol. The van der Waals surface area contributed by atoms with Gasteiger partial charge in [0, 0.05) is 6.42 Å². The van der Waals surface area contributed by atoms with Gasteiger partial charge in [-0.15, -0.1) is 0 Å². The number of carbonyl (C=O) groups is 1. The molecule has 0 aliphatic rings. The van der Waals surface area contributed by atoms with Gasteiger partial charge in [-0.1, -0.05) is 118 Å². The molecule has 0 aliphatic carbocycles. The first-order chi connectivity index (χ1) is 24.7. The molecule has 306 valence electrons. The Morgan fingerprint density at radius 3 is 1.00 bits per heavy atom. The van der Waals surface area contributed by atoms with Gasteiger partial charge in [0.25, 0.3) is 0 Å². The van der Waals surface area contributed by atoms with Gasteiger partial charge in [-0.3, -0.25) is 4.79 Å². The molecule has 0 saturated heterocycles. The lowest BCUT2D eigenvalue weighted by molar-refractivity contribution is -0.145. The van der Waals surface area contributed by atoms with E-state index in [1.165, 1.54) is 83.5 Å². The van der Waals surface area contributed by atoms with E-state index in [0.717, 1.165) is 12.8 Å². The number of carbonyl (C=O) groups excluding carboxylic acids is 1. The van der Waals surface area contributed by atoms with E-state index in [1.54, 1.807) is 0 Å². The van der Waals surface area contributed by atoms with Crippen molar-refractivity contribution in [3.63, 3.8) is 0 Å². The molecule has 10 nitrogen and oxygen atoms in total. The van der Waals surface area contributed by atoms with Gasteiger partial charge in [0.1, 0.15) is 6.61 Å². The van der Waals surface area contributed by atoms with Crippen molar-refractivity contribution in [1.82, 2.24) is 0 Å². The Morgan fingerprint density at radius 1 is 0.412 bits per heavy atom. The summed E-state index contributed by atoms with van der Waals surface area (Å²) in [5.41, 5.74) is 0. The maximum Gasteiger partial charge on any atom is 0.305 e. The van der Waals surface area contributed by atoms with Crippen LogP contribution in [-0.2, 0) is 47.1 Å². The number of unbranched alkanes of at least 4 members (excludes halogenated alkanes) is 14. The van der Waals surface area contributed by atoms with E-state index in [0.29, 0.717) is 112 Å². The first-order valence-corrected chi connectivity index (χ1v) is 23.5. The molecule has 0 fully saturated rings. The lowest BCUT2D eigenvalue weighted by Gasteiger charge is -2.36. The number of hydrogen-bond acceptors (Lipinski definition) is 10. The summed E-state index contributed by atoms with van der Waals surface area (Å²) in [4.78, 5) is 11.9. The van der Waals surface area contributed by atoms with Crippen LogP contribution in [0.5, 0.6) is 0 Å². The summed E-state index contributed by atoms with van der Waals surface area (Å²) in [6.07, 6.45) is 20.3. The van der Waals surface area contributed by atoms with Crippen molar-refractivity contribution < 1.29 is 47.1 Å². The summed E-state index contributed by atoms with van der Waals surface area (Å²) < 4.78 is 50.0. The van der Waals surface area contributed by atoms with Gasteiger partial charge in [-0.25, -0.2) is 0 Å². The van der Waals surface area contributed by atoms with Crippen molar-refractivity contribution in [3.05, 3.63) is 0 Å². The number of hydrogen-bond donors (Lipinski definition) is 0. The van der Waals surface area contributed by atoms with Gasteiger partial charge < -0.3 is 42.3 Å². The third-order valence-electron chi connectivity index (χ3n) is 9.20. The lowest BCUT2D eigenvalue weighted by Crippen LogP contribution is -2.41. The molecule has 0 aromatic heterocycles. The van der Waals surface area contributed by atoms with Crippen molar-refractivity contribution in [2.75, 3.05) is 106 Å². The Kier molecular flexibility index (Phi) is 37.2. The Labute approximate surface area is 315 Å². The number of rotatable bonds is 41. The Bertz CT molecular complexity index is 720. The predicted molar refractivity (Wildman–Crippen MR) is 209 cm³/mol. The normalized spacial score (nSPS) is 12.2. The summed E-state index contributed by atoms with van der Waals surface area (Å²) in [5.74, 6) is -0.125. The third kappa shape index (κ3) is 37.5. The Hall–Kier alpha value is -0.633. The van der Waals surface area contributed by atoms with Crippen molar-refractivity contribution in [2.45, 2.75) is 149 Å². The largest absolute Gasteiger partial charge is 0.463 e. The quantitative estimate of drug-likeness (QED) is 0.0342. The molecule has 0 bridgehead atoms. The third-order valence-corrected chi connectivity index (χ3v) is 13.7. The average Bonchev–Trinajstić information content (AvgIpc) is 3.09. The van der Waals surface area contributed by atoms with Gasteiger partial charge >= 0.3 is 5.97 Å². The summed E-state index contributed by atoms with van der Waals surface area (Å²) in [6, 6.07) is 0. The fourth-order valence-electron chi connectivity index (χ4n) is 4.92. The van der Waals surface area contributed by atoms with Crippen LogP contribution in [0.2, 0.25) is 18.1 Å². The lowest BCUT2D eigenvalue weighted by atomic mass is 10.0. The highest BCUT2D eigenvalue weighted by atomic mass is 28.4. The molecule has 0 aromatic rings. The first kappa shape index (κ1) is 50.4. The van der Waals surface area contributed by atoms with Crippen LogP contribution in [-0.4, -0.2) is 120 Å². The van der Waals surface area contributed by atoms with Crippen LogP contribution in [0.3, 0.4) is 0 Å². The van der Waals surface area contributed by atoms with Crippen LogP contribution in [0, 0.1) is 0 Å². The Balaban J connectivity index is 3.20. The topological polar surface area (TPSA) is 100 Å². The fraction of sp³-hybridized carbons (Fsp3) is 0.975. The summed E-state index contributed by atoms with van der Waals surface area (Å²) in [6.45, 7) is 21.6. The maximum absolute atomic E-state index is 11.9. The Morgan fingerprint density at radius 2 is 0.686 bits per heavy atom. The summed E-state index contributed by atoms with van der Waals surface area (Å²) in [7, 11) is -1.70. The smallest absolute Gasteiger partial charge is 0.305 e. The van der Waals surface area contributed by atoms with Crippen molar-refractivity contribution in [1.29, 1.82) is 0 Å². The molecule has 0 aromatic carbocycles. The van der Waals surface area contributed by atoms with Crippen LogP contribution < -0.4 is 0 Å². The zero-order valence-electron chi connectivity index (χ0n) is 34.2. The molecule has 0 spiro atoms. The zero-order chi connectivity index (χ0) is 37.6. The van der Waals surface area contributed by atoms with Crippen molar-refractivity contribution in [3.8, 4) is 0 Å². The number of esters is 1. The van der Waals surface area contributed by atoms with E-state index in [9.17, 15) is 4.79 Å². The van der Waals surface area contributed by atoms with E-state index >= 15 is 0 Å². The summed E-state index contributed by atoms with van der Waals surface area (Å²) in [5, 5.41) is 0.217. The molecule has 0 unspecified atom stereocenters.